The maximum atomic E-state index is 13.5. The van der Waals surface area contributed by atoms with Crippen LogP contribution in [0.2, 0.25) is 0 Å². The molecule has 0 atom stereocenters. The van der Waals surface area contributed by atoms with Crippen LogP contribution in [0.5, 0.6) is 5.75 Å². The largest absolute Gasteiger partial charge is 0.506 e. The van der Waals surface area contributed by atoms with Crippen LogP contribution in [0.15, 0.2) is 48.7 Å². The molecule has 0 bridgehead atoms. The summed E-state index contributed by atoms with van der Waals surface area (Å²) in [6.07, 6.45) is 8.03. The van der Waals surface area contributed by atoms with Crippen LogP contribution in [0.1, 0.15) is 43.6 Å². The first-order chi connectivity index (χ1) is 14.7. The SMILES string of the molecule is Oc1ccccc1N1CCCN(C2CCC(c3c[nH]c4cc(F)ccc34)CC2)CC1. The van der Waals surface area contributed by atoms with Crippen molar-refractivity contribution >= 4 is 16.6 Å². The first-order valence-electron chi connectivity index (χ1n) is 11.2. The van der Waals surface area contributed by atoms with Gasteiger partial charge in [0.05, 0.1) is 5.69 Å². The number of halogens is 1. The summed E-state index contributed by atoms with van der Waals surface area (Å²) in [6, 6.07) is 13.4. The minimum Gasteiger partial charge on any atom is -0.506 e. The van der Waals surface area contributed by atoms with E-state index in [1.54, 1.807) is 18.2 Å². The third-order valence-corrected chi connectivity index (χ3v) is 7.08. The second-order valence-electron chi connectivity index (χ2n) is 8.80. The van der Waals surface area contributed by atoms with Gasteiger partial charge in [0.15, 0.2) is 0 Å². The highest BCUT2D eigenvalue weighted by molar-refractivity contribution is 5.83. The molecule has 30 heavy (non-hydrogen) atoms. The van der Waals surface area contributed by atoms with E-state index in [0.29, 0.717) is 17.7 Å². The average Bonchev–Trinajstić information content (AvgIpc) is 3.02. The Kier molecular flexibility index (Phi) is 5.38. The number of anilines is 1. The number of phenolic OH excluding ortho intramolecular Hbond substituents is 1. The molecule has 0 spiro atoms. The van der Waals surface area contributed by atoms with Crippen LogP contribution in [0.25, 0.3) is 10.9 Å². The second kappa shape index (κ2) is 8.31. The highest BCUT2D eigenvalue weighted by Crippen LogP contribution is 2.38. The van der Waals surface area contributed by atoms with Crippen molar-refractivity contribution in [3.05, 3.63) is 60.0 Å². The van der Waals surface area contributed by atoms with E-state index in [2.05, 4.69) is 21.0 Å². The first kappa shape index (κ1) is 19.4. The summed E-state index contributed by atoms with van der Waals surface area (Å²) >= 11 is 0. The van der Waals surface area contributed by atoms with Gasteiger partial charge in [0.1, 0.15) is 11.6 Å². The lowest BCUT2D eigenvalue weighted by molar-refractivity contribution is 0.159. The highest BCUT2D eigenvalue weighted by Gasteiger charge is 2.29. The molecule has 0 unspecified atom stereocenters. The monoisotopic (exact) mass is 407 g/mol. The van der Waals surface area contributed by atoms with Crippen LogP contribution >= 0.6 is 0 Å². The number of aromatic amines is 1. The van der Waals surface area contributed by atoms with Gasteiger partial charge in [-0.25, -0.2) is 4.39 Å². The smallest absolute Gasteiger partial charge is 0.138 e. The number of phenols is 1. The third kappa shape index (κ3) is 3.79. The van der Waals surface area contributed by atoms with Crippen molar-refractivity contribution in [2.75, 3.05) is 31.1 Å². The van der Waals surface area contributed by atoms with Crippen LogP contribution < -0.4 is 4.90 Å². The molecule has 2 fully saturated rings. The van der Waals surface area contributed by atoms with E-state index in [4.69, 9.17) is 0 Å². The van der Waals surface area contributed by atoms with E-state index in [1.165, 1.54) is 36.6 Å². The average molecular weight is 408 g/mol. The number of rotatable bonds is 3. The summed E-state index contributed by atoms with van der Waals surface area (Å²) in [7, 11) is 0. The molecule has 2 N–H and O–H groups in total. The number of para-hydroxylation sites is 2. The molecule has 0 amide bonds. The van der Waals surface area contributed by atoms with Crippen LogP contribution in [0, 0.1) is 5.82 Å². The van der Waals surface area contributed by atoms with Gasteiger partial charge in [-0.1, -0.05) is 12.1 Å². The molecule has 158 valence electrons. The van der Waals surface area contributed by atoms with Crippen molar-refractivity contribution in [1.82, 2.24) is 9.88 Å². The number of fused-ring (bicyclic) bond motifs is 1. The fraction of sp³-hybridized carbons (Fsp3) is 0.440. The molecule has 2 heterocycles. The van der Waals surface area contributed by atoms with Crippen LogP contribution in [-0.4, -0.2) is 47.2 Å². The Labute approximate surface area is 177 Å². The molecule has 2 aliphatic rings. The Balaban J connectivity index is 1.21. The Morgan fingerprint density at radius 2 is 1.77 bits per heavy atom. The van der Waals surface area contributed by atoms with Gasteiger partial charge in [-0.3, -0.25) is 4.90 Å². The van der Waals surface area contributed by atoms with E-state index in [-0.39, 0.29) is 5.82 Å². The summed E-state index contributed by atoms with van der Waals surface area (Å²) in [4.78, 5) is 8.25. The maximum Gasteiger partial charge on any atom is 0.138 e. The molecule has 1 aliphatic carbocycles. The van der Waals surface area contributed by atoms with Crippen molar-refractivity contribution in [2.24, 2.45) is 0 Å². The summed E-state index contributed by atoms with van der Waals surface area (Å²) < 4.78 is 13.5. The maximum absolute atomic E-state index is 13.5. The van der Waals surface area contributed by atoms with Gasteiger partial charge >= 0.3 is 0 Å². The molecule has 1 saturated carbocycles. The quantitative estimate of drug-likeness (QED) is 0.623. The summed E-state index contributed by atoms with van der Waals surface area (Å²) in [5.74, 6) is 0.758. The summed E-state index contributed by atoms with van der Waals surface area (Å²) in [6.45, 7) is 4.14. The fourth-order valence-corrected chi connectivity index (χ4v) is 5.49. The lowest BCUT2D eigenvalue weighted by Gasteiger charge is -2.36. The van der Waals surface area contributed by atoms with E-state index in [1.807, 2.05) is 24.3 Å². The summed E-state index contributed by atoms with van der Waals surface area (Å²) in [5, 5.41) is 11.4. The zero-order valence-electron chi connectivity index (χ0n) is 17.4. The van der Waals surface area contributed by atoms with Gasteiger partial charge in [-0.2, -0.15) is 0 Å². The van der Waals surface area contributed by atoms with Crippen molar-refractivity contribution in [2.45, 2.75) is 44.1 Å². The normalized spacial score (nSPS) is 23.6. The van der Waals surface area contributed by atoms with Gasteiger partial charge < -0.3 is 15.0 Å². The minimum absolute atomic E-state index is 0.182. The Morgan fingerprint density at radius 3 is 2.60 bits per heavy atom. The molecular formula is C25H30FN3O. The Bertz CT molecular complexity index is 1010. The number of H-pyrrole nitrogens is 1. The molecule has 4 nitrogen and oxygen atoms in total. The topological polar surface area (TPSA) is 42.5 Å². The Morgan fingerprint density at radius 1 is 0.933 bits per heavy atom. The highest BCUT2D eigenvalue weighted by atomic mass is 19.1. The van der Waals surface area contributed by atoms with Crippen LogP contribution in [-0.2, 0) is 0 Å². The molecule has 0 radical (unpaired) electrons. The van der Waals surface area contributed by atoms with Gasteiger partial charge in [-0.05, 0) is 73.9 Å². The zero-order chi connectivity index (χ0) is 20.5. The predicted octanol–water partition coefficient (Wildman–Crippen LogP) is 5.25. The first-order valence-corrected chi connectivity index (χ1v) is 11.2. The van der Waals surface area contributed by atoms with E-state index >= 15 is 0 Å². The van der Waals surface area contributed by atoms with Crippen molar-refractivity contribution in [3.63, 3.8) is 0 Å². The molecule has 1 aromatic heterocycles. The lowest BCUT2D eigenvalue weighted by Crippen LogP contribution is -2.40. The Hall–Kier alpha value is -2.53. The number of aromatic hydroxyl groups is 1. The van der Waals surface area contributed by atoms with Gasteiger partial charge in [0.2, 0.25) is 0 Å². The van der Waals surface area contributed by atoms with E-state index < -0.39 is 0 Å². The number of nitrogens with one attached hydrogen (secondary N) is 1. The molecule has 3 aromatic rings. The van der Waals surface area contributed by atoms with Crippen molar-refractivity contribution in [1.29, 1.82) is 0 Å². The van der Waals surface area contributed by atoms with Crippen LogP contribution in [0.4, 0.5) is 10.1 Å². The van der Waals surface area contributed by atoms with Crippen LogP contribution in [0.3, 0.4) is 0 Å². The number of nitrogens with zero attached hydrogens (tertiary/aromatic N) is 2. The summed E-state index contributed by atoms with van der Waals surface area (Å²) in [5.41, 5.74) is 3.22. The van der Waals surface area contributed by atoms with E-state index in [0.717, 1.165) is 43.8 Å². The third-order valence-electron chi connectivity index (χ3n) is 7.08. The standard InChI is InChI=1S/C25H30FN3O/c26-19-8-11-21-22(17-27-23(21)16-19)18-6-9-20(10-7-18)28-12-3-13-29(15-14-28)24-4-1-2-5-25(24)30/h1-2,4-5,8,11,16-18,20,27,30H,3,6-7,9-10,12-15H2. The number of benzene rings is 2. The number of hydrogen-bond acceptors (Lipinski definition) is 3. The van der Waals surface area contributed by atoms with Gasteiger partial charge in [0, 0.05) is 49.3 Å². The number of hydrogen-bond donors (Lipinski definition) is 2. The van der Waals surface area contributed by atoms with E-state index in [9.17, 15) is 9.50 Å². The fourth-order valence-electron chi connectivity index (χ4n) is 5.49. The van der Waals surface area contributed by atoms with Gasteiger partial charge in [0.25, 0.3) is 0 Å². The van der Waals surface area contributed by atoms with Crippen molar-refractivity contribution in [3.8, 4) is 5.75 Å². The molecule has 2 aromatic carbocycles. The molecule has 5 rings (SSSR count). The second-order valence-corrected chi connectivity index (χ2v) is 8.80. The molecular weight excluding hydrogens is 377 g/mol. The number of aromatic nitrogens is 1. The lowest BCUT2D eigenvalue weighted by atomic mass is 9.81. The minimum atomic E-state index is -0.182. The molecule has 1 saturated heterocycles. The molecule has 5 heteroatoms. The predicted molar refractivity (Wildman–Crippen MR) is 120 cm³/mol. The molecule has 1 aliphatic heterocycles. The van der Waals surface area contributed by atoms with Gasteiger partial charge in [-0.15, -0.1) is 0 Å². The zero-order valence-corrected chi connectivity index (χ0v) is 17.4. The van der Waals surface area contributed by atoms with Crippen molar-refractivity contribution < 1.29 is 9.50 Å².